The van der Waals surface area contributed by atoms with E-state index in [1.54, 1.807) is 12.4 Å². The number of aromatic nitrogens is 2. The molecular formula is C11H16ClN3S. The molecule has 16 heavy (non-hydrogen) atoms. The van der Waals surface area contributed by atoms with Crippen LogP contribution < -0.4 is 5.32 Å². The molecule has 0 saturated heterocycles. The Balaban J connectivity index is 1.90. The summed E-state index contributed by atoms with van der Waals surface area (Å²) in [6, 6.07) is 0.498. The lowest BCUT2D eigenvalue weighted by molar-refractivity contribution is 0.751. The quantitative estimate of drug-likeness (QED) is 0.899. The molecule has 1 saturated carbocycles. The van der Waals surface area contributed by atoms with Crippen LogP contribution in [0.3, 0.4) is 0 Å². The molecule has 88 valence electrons. The Morgan fingerprint density at radius 3 is 3.00 bits per heavy atom. The second-order valence-electron chi connectivity index (χ2n) is 3.93. The van der Waals surface area contributed by atoms with Crippen LogP contribution in [0.5, 0.6) is 0 Å². The van der Waals surface area contributed by atoms with Gasteiger partial charge in [-0.25, -0.2) is 9.97 Å². The van der Waals surface area contributed by atoms with E-state index in [0.29, 0.717) is 11.2 Å². The Labute approximate surface area is 105 Å². The second kappa shape index (κ2) is 5.73. The van der Waals surface area contributed by atoms with Crippen molar-refractivity contribution in [1.29, 1.82) is 0 Å². The fourth-order valence-corrected chi connectivity index (χ4v) is 3.37. The molecule has 1 aliphatic rings. The van der Waals surface area contributed by atoms with Crippen LogP contribution in [-0.4, -0.2) is 27.0 Å². The van der Waals surface area contributed by atoms with Gasteiger partial charge in [0.05, 0.1) is 0 Å². The van der Waals surface area contributed by atoms with Crippen molar-refractivity contribution in [1.82, 2.24) is 9.97 Å². The van der Waals surface area contributed by atoms with Crippen molar-refractivity contribution < 1.29 is 0 Å². The van der Waals surface area contributed by atoms with Gasteiger partial charge in [0, 0.05) is 23.7 Å². The van der Waals surface area contributed by atoms with Crippen LogP contribution >= 0.6 is 23.4 Å². The van der Waals surface area contributed by atoms with E-state index in [-0.39, 0.29) is 0 Å². The third kappa shape index (κ3) is 3.01. The number of rotatable bonds is 4. The number of anilines is 1. The van der Waals surface area contributed by atoms with E-state index in [0.717, 1.165) is 11.1 Å². The number of hydrogen-bond donors (Lipinski definition) is 1. The zero-order valence-electron chi connectivity index (χ0n) is 9.32. The van der Waals surface area contributed by atoms with Crippen molar-refractivity contribution in [3.63, 3.8) is 0 Å². The van der Waals surface area contributed by atoms with E-state index in [2.05, 4.69) is 22.2 Å². The maximum atomic E-state index is 5.96. The predicted octanol–water partition coefficient (Wildman–Crippen LogP) is 3.22. The molecule has 0 spiro atoms. The van der Waals surface area contributed by atoms with Gasteiger partial charge in [0.15, 0.2) is 11.0 Å². The lowest BCUT2D eigenvalue weighted by Crippen LogP contribution is -2.17. The molecule has 1 fully saturated rings. The Bertz CT molecular complexity index is 348. The SMILES string of the molecule is CCSC1CCC(Nc2nccnc2Cl)C1. The van der Waals surface area contributed by atoms with Crippen LogP contribution in [0.1, 0.15) is 26.2 Å². The number of halogens is 1. The fourth-order valence-electron chi connectivity index (χ4n) is 2.07. The molecule has 2 rings (SSSR count). The zero-order valence-corrected chi connectivity index (χ0v) is 10.9. The smallest absolute Gasteiger partial charge is 0.171 e. The number of thioether (sulfide) groups is 1. The van der Waals surface area contributed by atoms with Gasteiger partial charge in [-0.1, -0.05) is 18.5 Å². The highest BCUT2D eigenvalue weighted by atomic mass is 35.5. The minimum Gasteiger partial charge on any atom is -0.365 e. The van der Waals surface area contributed by atoms with Crippen molar-refractivity contribution in [2.75, 3.05) is 11.1 Å². The van der Waals surface area contributed by atoms with Crippen LogP contribution in [0, 0.1) is 0 Å². The second-order valence-corrected chi connectivity index (χ2v) is 5.86. The molecule has 0 radical (unpaired) electrons. The molecular weight excluding hydrogens is 242 g/mol. The van der Waals surface area contributed by atoms with Gasteiger partial charge in [-0.05, 0) is 25.0 Å². The monoisotopic (exact) mass is 257 g/mol. The highest BCUT2D eigenvalue weighted by molar-refractivity contribution is 7.99. The van der Waals surface area contributed by atoms with Gasteiger partial charge in [-0.15, -0.1) is 0 Å². The van der Waals surface area contributed by atoms with Crippen LogP contribution in [0.2, 0.25) is 5.15 Å². The first-order valence-electron chi connectivity index (χ1n) is 5.64. The van der Waals surface area contributed by atoms with E-state index in [1.807, 2.05) is 11.8 Å². The molecule has 0 aliphatic heterocycles. The average molecular weight is 258 g/mol. The van der Waals surface area contributed by atoms with Crippen LogP contribution in [0.25, 0.3) is 0 Å². The Morgan fingerprint density at radius 1 is 1.44 bits per heavy atom. The fraction of sp³-hybridized carbons (Fsp3) is 0.636. The van der Waals surface area contributed by atoms with Crippen molar-refractivity contribution in [3.8, 4) is 0 Å². The number of nitrogens with zero attached hydrogens (tertiary/aromatic N) is 2. The highest BCUT2D eigenvalue weighted by Gasteiger charge is 2.25. The Kier molecular flexibility index (Phi) is 4.29. The minimum absolute atomic E-state index is 0.467. The summed E-state index contributed by atoms with van der Waals surface area (Å²) in [5.41, 5.74) is 0. The third-order valence-corrected chi connectivity index (χ3v) is 4.29. The van der Waals surface area contributed by atoms with Crippen molar-refractivity contribution in [2.24, 2.45) is 0 Å². The predicted molar refractivity (Wildman–Crippen MR) is 70.2 cm³/mol. The van der Waals surface area contributed by atoms with Crippen molar-refractivity contribution in [3.05, 3.63) is 17.5 Å². The Morgan fingerprint density at radius 2 is 2.25 bits per heavy atom. The standard InChI is InChI=1S/C11H16ClN3S/c1-2-16-9-4-3-8(7-9)15-11-10(12)13-5-6-14-11/h5-6,8-9H,2-4,7H2,1H3,(H,14,15). The van der Waals surface area contributed by atoms with Gasteiger partial charge in [0.1, 0.15) is 0 Å². The minimum atomic E-state index is 0.467. The van der Waals surface area contributed by atoms with Crippen molar-refractivity contribution in [2.45, 2.75) is 37.5 Å². The summed E-state index contributed by atoms with van der Waals surface area (Å²) in [6.45, 7) is 2.21. The molecule has 1 aromatic rings. The molecule has 0 bridgehead atoms. The first-order valence-corrected chi connectivity index (χ1v) is 7.07. The molecule has 2 unspecified atom stereocenters. The third-order valence-electron chi connectivity index (χ3n) is 2.78. The molecule has 1 aliphatic carbocycles. The molecule has 2 atom stereocenters. The van der Waals surface area contributed by atoms with Gasteiger partial charge in [-0.2, -0.15) is 11.8 Å². The van der Waals surface area contributed by atoms with Crippen molar-refractivity contribution >= 4 is 29.2 Å². The molecule has 0 amide bonds. The van der Waals surface area contributed by atoms with E-state index in [1.165, 1.54) is 25.0 Å². The summed E-state index contributed by atoms with van der Waals surface area (Å²) < 4.78 is 0. The maximum Gasteiger partial charge on any atom is 0.171 e. The van der Waals surface area contributed by atoms with Gasteiger partial charge < -0.3 is 5.32 Å². The maximum absolute atomic E-state index is 5.96. The lowest BCUT2D eigenvalue weighted by Gasteiger charge is -2.13. The van der Waals surface area contributed by atoms with E-state index in [9.17, 15) is 0 Å². The molecule has 5 heteroatoms. The van der Waals surface area contributed by atoms with Crippen LogP contribution in [0.4, 0.5) is 5.82 Å². The molecule has 1 heterocycles. The van der Waals surface area contributed by atoms with E-state index in [4.69, 9.17) is 11.6 Å². The summed E-state index contributed by atoms with van der Waals surface area (Å²) in [5, 5.41) is 4.64. The zero-order chi connectivity index (χ0) is 11.4. The summed E-state index contributed by atoms with van der Waals surface area (Å²) in [4.78, 5) is 8.21. The summed E-state index contributed by atoms with van der Waals surface area (Å²) in [6.07, 6.45) is 6.96. The number of hydrogen-bond acceptors (Lipinski definition) is 4. The van der Waals surface area contributed by atoms with Gasteiger partial charge >= 0.3 is 0 Å². The lowest BCUT2D eigenvalue weighted by atomic mass is 10.2. The normalized spacial score (nSPS) is 24.6. The topological polar surface area (TPSA) is 37.8 Å². The molecule has 1 N–H and O–H groups in total. The van der Waals surface area contributed by atoms with E-state index < -0.39 is 0 Å². The number of nitrogens with one attached hydrogen (secondary N) is 1. The highest BCUT2D eigenvalue weighted by Crippen LogP contribution is 2.31. The van der Waals surface area contributed by atoms with Crippen LogP contribution in [0.15, 0.2) is 12.4 Å². The van der Waals surface area contributed by atoms with Crippen LogP contribution in [-0.2, 0) is 0 Å². The van der Waals surface area contributed by atoms with E-state index >= 15 is 0 Å². The Hall–Kier alpha value is -0.480. The molecule has 1 aromatic heterocycles. The molecule has 3 nitrogen and oxygen atoms in total. The first-order chi connectivity index (χ1) is 7.79. The van der Waals surface area contributed by atoms with Gasteiger partial charge in [0.2, 0.25) is 0 Å². The average Bonchev–Trinajstić information content (AvgIpc) is 2.70. The largest absolute Gasteiger partial charge is 0.365 e. The van der Waals surface area contributed by atoms with Gasteiger partial charge in [-0.3, -0.25) is 0 Å². The summed E-state index contributed by atoms with van der Waals surface area (Å²) >= 11 is 8.01. The summed E-state index contributed by atoms with van der Waals surface area (Å²) in [7, 11) is 0. The first kappa shape index (κ1) is 12.0. The summed E-state index contributed by atoms with van der Waals surface area (Å²) in [5.74, 6) is 1.92. The van der Waals surface area contributed by atoms with Gasteiger partial charge in [0.25, 0.3) is 0 Å². The molecule has 0 aromatic carbocycles.